The second kappa shape index (κ2) is 5.77. The van der Waals surface area contributed by atoms with Crippen molar-refractivity contribution in [3.8, 4) is 0 Å². The van der Waals surface area contributed by atoms with E-state index in [1.54, 1.807) is 20.8 Å². The number of nitrogens with one attached hydrogen (secondary N) is 1. The molecule has 0 aromatic rings. The Balaban J connectivity index is 2.75. The minimum atomic E-state index is -1.22. The fourth-order valence-electron chi connectivity index (χ4n) is 2.46. The number of rotatable bonds is 4. The second-order valence-electron chi connectivity index (χ2n) is 5.55. The number of aliphatic hydroxyl groups is 1. The van der Waals surface area contributed by atoms with Crippen LogP contribution in [0.1, 0.15) is 46.5 Å². The third-order valence-electron chi connectivity index (χ3n) is 3.92. The van der Waals surface area contributed by atoms with Crippen molar-refractivity contribution in [1.29, 1.82) is 0 Å². The molecule has 1 heterocycles. The molecule has 1 fully saturated rings. The van der Waals surface area contributed by atoms with E-state index in [-0.39, 0.29) is 6.54 Å². The lowest BCUT2D eigenvalue weighted by molar-refractivity contribution is -0.144. The fraction of sp³-hybridized carbons (Fsp3) is 0.846. The molecular weight excluding hydrogens is 248 g/mol. The van der Waals surface area contributed by atoms with Gasteiger partial charge in [0.05, 0.1) is 12.1 Å². The molecule has 1 saturated heterocycles. The van der Waals surface area contributed by atoms with Crippen molar-refractivity contribution in [2.45, 2.75) is 57.6 Å². The molecule has 110 valence electrons. The second-order valence-corrected chi connectivity index (χ2v) is 5.55. The van der Waals surface area contributed by atoms with Crippen LogP contribution in [0.4, 0.5) is 4.79 Å². The smallest absolute Gasteiger partial charge is 0.329 e. The van der Waals surface area contributed by atoms with Crippen LogP contribution in [0.2, 0.25) is 0 Å². The minimum Gasteiger partial charge on any atom is -0.480 e. The van der Waals surface area contributed by atoms with Crippen molar-refractivity contribution in [3.05, 3.63) is 0 Å². The zero-order valence-corrected chi connectivity index (χ0v) is 11.9. The molecule has 6 nitrogen and oxygen atoms in total. The number of carbonyl (C=O) groups is 2. The Bertz CT molecular complexity index is 351. The van der Waals surface area contributed by atoms with Gasteiger partial charge in [-0.2, -0.15) is 0 Å². The van der Waals surface area contributed by atoms with E-state index in [1.165, 1.54) is 4.90 Å². The van der Waals surface area contributed by atoms with Gasteiger partial charge in [-0.05, 0) is 32.6 Å². The molecule has 0 saturated carbocycles. The third-order valence-corrected chi connectivity index (χ3v) is 3.92. The molecule has 0 bridgehead atoms. The van der Waals surface area contributed by atoms with E-state index in [0.717, 1.165) is 6.42 Å². The first-order valence-electron chi connectivity index (χ1n) is 6.79. The van der Waals surface area contributed by atoms with Gasteiger partial charge in [0, 0.05) is 6.54 Å². The van der Waals surface area contributed by atoms with Crippen LogP contribution in [-0.4, -0.2) is 51.3 Å². The van der Waals surface area contributed by atoms with Crippen LogP contribution in [0.3, 0.4) is 0 Å². The summed E-state index contributed by atoms with van der Waals surface area (Å²) in [6.07, 6.45) is 2.03. The lowest BCUT2D eigenvalue weighted by Gasteiger charge is -2.39. The highest BCUT2D eigenvalue weighted by molar-refractivity contribution is 5.86. The number of carboxylic acid groups (broad SMARTS) is 1. The first-order valence-corrected chi connectivity index (χ1v) is 6.79. The zero-order chi connectivity index (χ0) is 14.7. The highest BCUT2D eigenvalue weighted by Gasteiger charge is 2.39. The number of urea groups is 1. The number of β-amino-alcohol motifs (C(OH)–C–C–N with tert-alkyl or cyclic N) is 1. The maximum absolute atomic E-state index is 12.2. The SMILES string of the molecule is CCC(CC)(NC(=O)N1CCCC(C)(O)C1)C(=O)O. The molecule has 1 aliphatic heterocycles. The van der Waals surface area contributed by atoms with Crippen LogP contribution in [0.5, 0.6) is 0 Å². The maximum Gasteiger partial charge on any atom is 0.329 e. The quantitative estimate of drug-likeness (QED) is 0.717. The first kappa shape index (κ1) is 15.8. The largest absolute Gasteiger partial charge is 0.480 e. The predicted octanol–water partition coefficient (Wildman–Crippen LogP) is 1.19. The van der Waals surface area contributed by atoms with Crippen LogP contribution in [0.15, 0.2) is 0 Å². The zero-order valence-electron chi connectivity index (χ0n) is 11.9. The van der Waals surface area contributed by atoms with Crippen molar-refractivity contribution >= 4 is 12.0 Å². The van der Waals surface area contributed by atoms with E-state index >= 15 is 0 Å². The average molecular weight is 272 g/mol. The fourth-order valence-corrected chi connectivity index (χ4v) is 2.46. The van der Waals surface area contributed by atoms with E-state index in [2.05, 4.69) is 5.32 Å². The van der Waals surface area contributed by atoms with Gasteiger partial charge in [-0.3, -0.25) is 0 Å². The first-order chi connectivity index (χ1) is 8.76. The molecule has 19 heavy (non-hydrogen) atoms. The number of carboxylic acids is 1. The summed E-state index contributed by atoms with van der Waals surface area (Å²) in [6, 6.07) is -0.411. The molecule has 0 aliphatic carbocycles. The number of nitrogens with zero attached hydrogens (tertiary/aromatic N) is 1. The summed E-state index contributed by atoms with van der Waals surface area (Å²) in [7, 11) is 0. The molecule has 0 spiro atoms. The normalized spacial score (nSPS) is 24.1. The summed E-state index contributed by atoms with van der Waals surface area (Å²) in [5, 5.41) is 21.9. The Morgan fingerprint density at radius 3 is 2.37 bits per heavy atom. The number of carbonyl (C=O) groups excluding carboxylic acids is 1. The molecule has 1 aliphatic rings. The van der Waals surface area contributed by atoms with Gasteiger partial charge in [-0.1, -0.05) is 13.8 Å². The van der Waals surface area contributed by atoms with Gasteiger partial charge in [-0.25, -0.2) is 9.59 Å². The van der Waals surface area contributed by atoms with Gasteiger partial charge in [0.2, 0.25) is 0 Å². The van der Waals surface area contributed by atoms with Crippen molar-refractivity contribution in [2.24, 2.45) is 0 Å². The number of piperidine rings is 1. The Kier molecular flexibility index (Phi) is 4.79. The lowest BCUT2D eigenvalue weighted by atomic mass is 9.92. The summed E-state index contributed by atoms with van der Waals surface area (Å²) in [5.41, 5.74) is -2.11. The lowest BCUT2D eigenvalue weighted by Crippen LogP contribution is -2.60. The van der Waals surface area contributed by atoms with Crippen LogP contribution >= 0.6 is 0 Å². The highest BCUT2D eigenvalue weighted by atomic mass is 16.4. The van der Waals surface area contributed by atoms with Crippen LogP contribution < -0.4 is 5.32 Å². The minimum absolute atomic E-state index is 0.238. The van der Waals surface area contributed by atoms with Gasteiger partial charge < -0.3 is 20.4 Å². The summed E-state index contributed by atoms with van der Waals surface area (Å²) in [6.45, 7) is 5.96. The summed E-state index contributed by atoms with van der Waals surface area (Å²) < 4.78 is 0. The van der Waals surface area contributed by atoms with E-state index < -0.39 is 23.1 Å². The molecule has 2 amide bonds. The molecule has 3 N–H and O–H groups in total. The molecule has 1 rings (SSSR count). The van der Waals surface area contributed by atoms with Crippen LogP contribution in [-0.2, 0) is 4.79 Å². The van der Waals surface area contributed by atoms with E-state index in [1.807, 2.05) is 0 Å². The summed E-state index contributed by atoms with van der Waals surface area (Å²) >= 11 is 0. The highest BCUT2D eigenvalue weighted by Crippen LogP contribution is 2.22. The molecule has 1 unspecified atom stereocenters. The van der Waals surface area contributed by atoms with Crippen LogP contribution in [0.25, 0.3) is 0 Å². The average Bonchev–Trinajstić information content (AvgIpc) is 2.34. The van der Waals surface area contributed by atoms with Crippen molar-refractivity contribution in [3.63, 3.8) is 0 Å². The monoisotopic (exact) mass is 272 g/mol. The standard InChI is InChI=1S/C13H24N2O4/c1-4-13(5-2,10(16)17)14-11(18)15-8-6-7-12(3,19)9-15/h19H,4-9H2,1-3H3,(H,14,18)(H,16,17). The van der Waals surface area contributed by atoms with Crippen molar-refractivity contribution in [2.75, 3.05) is 13.1 Å². The predicted molar refractivity (Wildman–Crippen MR) is 70.9 cm³/mol. The van der Waals surface area contributed by atoms with E-state index in [9.17, 15) is 19.8 Å². The van der Waals surface area contributed by atoms with Gasteiger partial charge >= 0.3 is 12.0 Å². The number of likely N-dealkylation sites (tertiary alicyclic amines) is 1. The van der Waals surface area contributed by atoms with Gasteiger partial charge in [0.15, 0.2) is 0 Å². The van der Waals surface area contributed by atoms with E-state index in [4.69, 9.17) is 0 Å². The van der Waals surface area contributed by atoms with Gasteiger partial charge in [0.25, 0.3) is 0 Å². The third kappa shape index (κ3) is 3.59. The van der Waals surface area contributed by atoms with E-state index in [0.29, 0.717) is 25.8 Å². The van der Waals surface area contributed by atoms with Crippen molar-refractivity contribution < 1.29 is 19.8 Å². The number of amides is 2. The van der Waals surface area contributed by atoms with Gasteiger partial charge in [-0.15, -0.1) is 0 Å². The molecule has 0 aromatic heterocycles. The van der Waals surface area contributed by atoms with Crippen LogP contribution in [0, 0.1) is 0 Å². The molecular formula is C13H24N2O4. The maximum atomic E-state index is 12.2. The number of hydrogen-bond donors (Lipinski definition) is 3. The Labute approximate surface area is 113 Å². The molecule has 0 aromatic carbocycles. The Morgan fingerprint density at radius 2 is 1.95 bits per heavy atom. The van der Waals surface area contributed by atoms with Gasteiger partial charge in [0.1, 0.15) is 5.54 Å². The van der Waals surface area contributed by atoms with Crippen molar-refractivity contribution in [1.82, 2.24) is 10.2 Å². The molecule has 1 atom stereocenters. The topological polar surface area (TPSA) is 89.9 Å². The Hall–Kier alpha value is -1.30. The summed E-state index contributed by atoms with van der Waals surface area (Å²) in [5.74, 6) is -1.02. The Morgan fingerprint density at radius 1 is 1.37 bits per heavy atom. The number of hydrogen-bond acceptors (Lipinski definition) is 3. The molecule has 6 heteroatoms. The summed E-state index contributed by atoms with van der Waals surface area (Å²) in [4.78, 5) is 25.0. The number of aliphatic carboxylic acids is 1. The molecule has 0 radical (unpaired) electrons.